The van der Waals surface area contributed by atoms with Gasteiger partial charge < -0.3 is 10.0 Å². The third kappa shape index (κ3) is 2.67. The first-order valence-corrected chi connectivity index (χ1v) is 7.85. The summed E-state index contributed by atoms with van der Waals surface area (Å²) < 4.78 is 1.35. The fourth-order valence-electron chi connectivity index (χ4n) is 1.99. The Morgan fingerprint density at radius 2 is 1.90 bits per heavy atom. The minimum Gasteiger partial charge on any atom is -0.505 e. The molecule has 0 saturated carbocycles. The van der Waals surface area contributed by atoms with E-state index >= 15 is 0 Å². The maximum absolute atomic E-state index is 12.3. The molecule has 1 heterocycles. The quantitative estimate of drug-likeness (QED) is 0.847. The number of carbonyl (C=O) groups excluding carboxylic acids is 1. The van der Waals surface area contributed by atoms with Crippen LogP contribution in [-0.2, 0) is 0 Å². The fourth-order valence-corrected chi connectivity index (χ4v) is 3.27. The number of aromatic hydroxyl groups is 1. The Morgan fingerprint density at radius 3 is 2.50 bits per heavy atom. The van der Waals surface area contributed by atoms with Crippen molar-refractivity contribution in [3.63, 3.8) is 0 Å². The zero-order valence-corrected chi connectivity index (χ0v) is 14.3. The molecule has 0 fully saturated rings. The van der Waals surface area contributed by atoms with Crippen LogP contribution in [0.15, 0.2) is 27.1 Å². The van der Waals surface area contributed by atoms with Gasteiger partial charge in [-0.1, -0.05) is 15.9 Å². The lowest BCUT2D eigenvalue weighted by molar-refractivity contribution is 0.0767. The van der Waals surface area contributed by atoms with Crippen molar-refractivity contribution in [3.8, 4) is 5.75 Å². The van der Waals surface area contributed by atoms with Crippen molar-refractivity contribution < 1.29 is 9.90 Å². The molecule has 1 amide bonds. The molecule has 1 N–H and O–H groups in total. The largest absolute Gasteiger partial charge is 0.505 e. The first kappa shape index (κ1) is 15.3. The topological polar surface area (TPSA) is 53.4 Å². The SMILES string of the molecule is CCN(CC)C(=O)c1ccc2c(Br)cc(Br)c(O)c2n1. The van der Waals surface area contributed by atoms with Crippen molar-refractivity contribution in [2.45, 2.75) is 13.8 Å². The third-order valence-corrected chi connectivity index (χ3v) is 4.39. The molecule has 0 unspecified atom stereocenters. The van der Waals surface area contributed by atoms with Crippen LogP contribution in [-0.4, -0.2) is 34.0 Å². The molecule has 4 nitrogen and oxygen atoms in total. The summed E-state index contributed by atoms with van der Waals surface area (Å²) in [5.41, 5.74) is 0.741. The summed E-state index contributed by atoms with van der Waals surface area (Å²) in [5, 5.41) is 10.9. The molecule has 6 heteroatoms. The fraction of sp³-hybridized carbons (Fsp3) is 0.286. The van der Waals surface area contributed by atoms with Gasteiger partial charge in [-0.3, -0.25) is 4.79 Å². The van der Waals surface area contributed by atoms with E-state index in [-0.39, 0.29) is 11.7 Å². The monoisotopic (exact) mass is 400 g/mol. The highest BCUT2D eigenvalue weighted by molar-refractivity contribution is 9.11. The van der Waals surface area contributed by atoms with Crippen molar-refractivity contribution in [1.29, 1.82) is 0 Å². The summed E-state index contributed by atoms with van der Waals surface area (Å²) in [4.78, 5) is 18.3. The van der Waals surface area contributed by atoms with E-state index in [1.54, 1.807) is 23.1 Å². The van der Waals surface area contributed by atoms with Crippen LogP contribution in [0.4, 0.5) is 0 Å². The number of fused-ring (bicyclic) bond motifs is 1. The van der Waals surface area contributed by atoms with E-state index in [0.717, 1.165) is 9.86 Å². The van der Waals surface area contributed by atoms with E-state index in [9.17, 15) is 9.90 Å². The van der Waals surface area contributed by atoms with E-state index in [4.69, 9.17) is 0 Å². The average Bonchev–Trinajstić information content (AvgIpc) is 2.45. The number of hydrogen-bond acceptors (Lipinski definition) is 3. The number of benzene rings is 1. The van der Waals surface area contributed by atoms with Crippen molar-refractivity contribution in [2.75, 3.05) is 13.1 Å². The smallest absolute Gasteiger partial charge is 0.272 e. The highest BCUT2D eigenvalue weighted by Crippen LogP contribution is 2.36. The number of phenolic OH excluding ortho intramolecular Hbond substituents is 1. The summed E-state index contributed by atoms with van der Waals surface area (Å²) in [6.07, 6.45) is 0. The zero-order valence-electron chi connectivity index (χ0n) is 11.2. The van der Waals surface area contributed by atoms with Crippen LogP contribution in [0.5, 0.6) is 5.75 Å². The van der Waals surface area contributed by atoms with Gasteiger partial charge in [0.05, 0.1) is 4.47 Å². The van der Waals surface area contributed by atoms with Crippen molar-refractivity contribution in [3.05, 3.63) is 32.8 Å². The number of nitrogens with zero attached hydrogens (tertiary/aromatic N) is 2. The first-order valence-electron chi connectivity index (χ1n) is 6.26. The van der Waals surface area contributed by atoms with Crippen LogP contribution in [0.3, 0.4) is 0 Å². The molecular weight excluding hydrogens is 388 g/mol. The third-order valence-electron chi connectivity index (χ3n) is 3.13. The first-order chi connectivity index (χ1) is 9.49. The van der Waals surface area contributed by atoms with Crippen molar-refractivity contribution in [2.24, 2.45) is 0 Å². The van der Waals surface area contributed by atoms with E-state index in [1.165, 1.54) is 0 Å². The van der Waals surface area contributed by atoms with Gasteiger partial charge in [0.2, 0.25) is 0 Å². The highest BCUT2D eigenvalue weighted by Gasteiger charge is 2.17. The van der Waals surface area contributed by atoms with E-state index < -0.39 is 0 Å². The molecular formula is C14H14Br2N2O2. The minimum atomic E-state index is -0.132. The number of pyridine rings is 1. The number of amides is 1. The zero-order chi connectivity index (χ0) is 14.9. The van der Waals surface area contributed by atoms with Gasteiger partial charge in [-0.15, -0.1) is 0 Å². The molecule has 1 aromatic carbocycles. The lowest BCUT2D eigenvalue weighted by Crippen LogP contribution is -2.31. The average molecular weight is 402 g/mol. The van der Waals surface area contributed by atoms with Gasteiger partial charge in [0.25, 0.3) is 5.91 Å². The Bertz CT molecular complexity index is 670. The molecule has 0 atom stereocenters. The molecule has 0 bridgehead atoms. The minimum absolute atomic E-state index is 0.0393. The van der Waals surface area contributed by atoms with Crippen molar-refractivity contribution in [1.82, 2.24) is 9.88 Å². The van der Waals surface area contributed by atoms with Gasteiger partial charge in [0, 0.05) is 22.9 Å². The van der Waals surface area contributed by atoms with E-state index in [2.05, 4.69) is 36.8 Å². The summed E-state index contributed by atoms with van der Waals surface area (Å²) in [6, 6.07) is 5.22. The lowest BCUT2D eigenvalue weighted by atomic mass is 10.2. The summed E-state index contributed by atoms with van der Waals surface area (Å²) in [5.74, 6) is -0.0928. The molecule has 2 rings (SSSR count). The summed E-state index contributed by atoms with van der Waals surface area (Å²) in [7, 11) is 0. The molecule has 2 aromatic rings. The van der Waals surface area contributed by atoms with Gasteiger partial charge in [-0.05, 0) is 48.0 Å². The van der Waals surface area contributed by atoms with Crippen LogP contribution in [0, 0.1) is 0 Å². The molecule has 0 aliphatic carbocycles. The Kier molecular flexibility index (Phi) is 4.65. The number of phenols is 1. The maximum atomic E-state index is 12.3. The molecule has 20 heavy (non-hydrogen) atoms. The second kappa shape index (κ2) is 6.10. The van der Waals surface area contributed by atoms with Crippen LogP contribution < -0.4 is 0 Å². The number of rotatable bonds is 3. The van der Waals surface area contributed by atoms with Crippen LogP contribution in [0.1, 0.15) is 24.3 Å². The standard InChI is InChI=1S/C14H14Br2N2O2/c1-3-18(4-2)14(20)11-6-5-8-9(15)7-10(16)13(19)12(8)17-11/h5-7,19H,3-4H2,1-2H3. The van der Waals surface area contributed by atoms with Crippen LogP contribution in [0.2, 0.25) is 0 Å². The number of carbonyl (C=O) groups is 1. The normalized spacial score (nSPS) is 10.8. The van der Waals surface area contributed by atoms with Gasteiger partial charge in [-0.25, -0.2) is 4.98 Å². The number of hydrogen-bond donors (Lipinski definition) is 1. The summed E-state index contributed by atoms with van der Waals surface area (Å²) in [6.45, 7) is 5.10. The Hall–Kier alpha value is -1.14. The molecule has 106 valence electrons. The van der Waals surface area contributed by atoms with E-state index in [1.807, 2.05) is 13.8 Å². The second-order valence-corrected chi connectivity index (χ2v) is 5.97. The van der Waals surface area contributed by atoms with E-state index in [0.29, 0.717) is 28.8 Å². The number of halogens is 2. The second-order valence-electron chi connectivity index (χ2n) is 4.26. The van der Waals surface area contributed by atoms with Crippen molar-refractivity contribution >= 4 is 48.7 Å². The predicted octanol–water partition coefficient (Wildman–Crippen LogP) is 3.95. The maximum Gasteiger partial charge on any atom is 0.272 e. The molecule has 0 spiro atoms. The van der Waals surface area contributed by atoms with Gasteiger partial charge in [0.1, 0.15) is 11.2 Å². The molecule has 0 aliphatic heterocycles. The molecule has 0 saturated heterocycles. The van der Waals surface area contributed by atoms with Gasteiger partial charge >= 0.3 is 0 Å². The Balaban J connectivity index is 2.59. The molecule has 0 radical (unpaired) electrons. The molecule has 1 aromatic heterocycles. The number of aromatic nitrogens is 1. The van der Waals surface area contributed by atoms with Gasteiger partial charge in [0.15, 0.2) is 5.75 Å². The van der Waals surface area contributed by atoms with Crippen LogP contribution >= 0.6 is 31.9 Å². The predicted molar refractivity (Wildman–Crippen MR) is 86.1 cm³/mol. The molecule has 0 aliphatic rings. The van der Waals surface area contributed by atoms with Gasteiger partial charge in [-0.2, -0.15) is 0 Å². The van der Waals surface area contributed by atoms with Crippen LogP contribution in [0.25, 0.3) is 10.9 Å². The summed E-state index contributed by atoms with van der Waals surface area (Å²) >= 11 is 6.69. The lowest BCUT2D eigenvalue weighted by Gasteiger charge is -2.18. The Labute approximate surface area is 134 Å². The Morgan fingerprint density at radius 1 is 1.25 bits per heavy atom. The highest BCUT2D eigenvalue weighted by atomic mass is 79.9.